The molecule has 28 heavy (non-hydrogen) atoms. The van der Waals surface area contributed by atoms with Crippen LogP contribution in [-0.2, 0) is 0 Å². The summed E-state index contributed by atoms with van der Waals surface area (Å²) in [5.41, 5.74) is 5.58. The van der Waals surface area contributed by atoms with E-state index in [0.717, 1.165) is 40.0 Å². The quantitative estimate of drug-likeness (QED) is 0.272. The Morgan fingerprint density at radius 1 is 0.714 bits per heavy atom. The van der Waals surface area contributed by atoms with Crippen molar-refractivity contribution in [1.82, 2.24) is 0 Å². The minimum atomic E-state index is 0.520. The number of hydrogen-bond acceptors (Lipinski definition) is 1. The van der Waals surface area contributed by atoms with Crippen LogP contribution in [0.2, 0.25) is 10.0 Å². The van der Waals surface area contributed by atoms with Gasteiger partial charge in [-0.2, -0.15) is 0 Å². The molecule has 0 aliphatic rings. The van der Waals surface area contributed by atoms with Gasteiger partial charge >= 0.3 is 0 Å². The molecule has 3 rings (SSSR count). The Labute approximate surface area is 181 Å². The number of ether oxygens (including phenoxy) is 1. The fourth-order valence-corrected chi connectivity index (χ4v) is 3.62. The molecule has 1 nitrogen and oxygen atoms in total. The van der Waals surface area contributed by atoms with Gasteiger partial charge in [-0.1, -0.05) is 59.6 Å². The lowest BCUT2D eigenvalue weighted by Gasteiger charge is -2.17. The molecule has 0 heterocycles. The average Bonchev–Trinajstić information content (AvgIpc) is 2.71. The van der Waals surface area contributed by atoms with Crippen LogP contribution < -0.4 is 4.74 Å². The summed E-state index contributed by atoms with van der Waals surface area (Å²) in [5, 5.41) is 1.42. The van der Waals surface area contributed by atoms with Crippen molar-refractivity contribution in [2.24, 2.45) is 0 Å². The molecule has 0 aliphatic heterocycles. The van der Waals surface area contributed by atoms with Crippen LogP contribution in [0.4, 0.5) is 0 Å². The van der Waals surface area contributed by atoms with Crippen LogP contribution >= 0.6 is 34.8 Å². The second-order valence-corrected chi connectivity index (χ2v) is 7.51. The van der Waals surface area contributed by atoms with E-state index in [1.165, 1.54) is 0 Å². The summed E-state index contributed by atoms with van der Waals surface area (Å²) in [6.45, 7) is 2.62. The third kappa shape index (κ3) is 5.11. The van der Waals surface area contributed by atoms with Gasteiger partial charge in [0, 0.05) is 15.9 Å². The van der Waals surface area contributed by atoms with Gasteiger partial charge in [0.25, 0.3) is 0 Å². The van der Waals surface area contributed by atoms with Crippen molar-refractivity contribution in [3.05, 3.63) is 99.5 Å². The van der Waals surface area contributed by atoms with E-state index in [2.05, 4.69) is 12.1 Å². The lowest BCUT2D eigenvalue weighted by molar-refractivity contribution is 0.340. The number of allylic oxidation sites excluding steroid dienone is 1. The van der Waals surface area contributed by atoms with Crippen LogP contribution in [0.25, 0.3) is 11.1 Å². The first-order valence-electron chi connectivity index (χ1n) is 9.16. The van der Waals surface area contributed by atoms with E-state index in [1.807, 2.05) is 67.6 Å². The molecule has 0 N–H and O–H groups in total. The highest BCUT2D eigenvalue weighted by Gasteiger charge is 2.14. The van der Waals surface area contributed by atoms with E-state index in [1.54, 1.807) is 0 Å². The number of alkyl halides is 1. The molecule has 0 bridgehead atoms. The van der Waals surface area contributed by atoms with E-state index in [9.17, 15) is 0 Å². The Bertz CT molecular complexity index is 927. The predicted octanol–water partition coefficient (Wildman–Crippen LogP) is 7.98. The van der Waals surface area contributed by atoms with Crippen molar-refractivity contribution >= 4 is 45.9 Å². The number of halogens is 3. The highest BCUT2D eigenvalue weighted by Crippen LogP contribution is 2.36. The van der Waals surface area contributed by atoms with Gasteiger partial charge in [-0.25, -0.2) is 0 Å². The van der Waals surface area contributed by atoms with Crippen molar-refractivity contribution < 1.29 is 4.74 Å². The second-order valence-electron chi connectivity index (χ2n) is 6.26. The summed E-state index contributed by atoms with van der Waals surface area (Å²) >= 11 is 18.4. The third-order valence-corrected chi connectivity index (χ3v) is 5.12. The smallest absolute Gasteiger partial charge is 0.119 e. The molecule has 0 fully saturated rings. The van der Waals surface area contributed by atoms with E-state index >= 15 is 0 Å². The predicted molar refractivity (Wildman–Crippen MR) is 122 cm³/mol. The molecule has 0 amide bonds. The van der Waals surface area contributed by atoms with Crippen LogP contribution in [0.3, 0.4) is 0 Å². The van der Waals surface area contributed by atoms with Crippen LogP contribution in [0.1, 0.15) is 30.0 Å². The SMILES string of the molecule is CCOc1ccc(C(=C(CCCl)c2ccc(Cl)cc2)c2ccc(Cl)cc2)cc1. The van der Waals surface area contributed by atoms with Crippen molar-refractivity contribution in [2.75, 3.05) is 12.5 Å². The van der Waals surface area contributed by atoms with Crippen LogP contribution in [-0.4, -0.2) is 12.5 Å². The van der Waals surface area contributed by atoms with Gasteiger partial charge in [-0.3, -0.25) is 0 Å². The lowest BCUT2D eigenvalue weighted by atomic mass is 9.88. The zero-order chi connectivity index (χ0) is 19.9. The minimum absolute atomic E-state index is 0.520. The summed E-state index contributed by atoms with van der Waals surface area (Å²) in [5.74, 6) is 1.37. The fraction of sp³-hybridized carbons (Fsp3) is 0.167. The topological polar surface area (TPSA) is 9.23 Å². The molecule has 0 spiro atoms. The second kappa shape index (κ2) is 10.0. The van der Waals surface area contributed by atoms with E-state index in [-0.39, 0.29) is 0 Å². The average molecular weight is 432 g/mol. The maximum absolute atomic E-state index is 6.19. The monoisotopic (exact) mass is 430 g/mol. The lowest BCUT2D eigenvalue weighted by Crippen LogP contribution is -1.97. The first-order chi connectivity index (χ1) is 13.6. The first kappa shape index (κ1) is 20.8. The standard InChI is InChI=1S/C24H21Cl3O/c1-2-28-22-13-7-19(8-14-22)24(18-5-11-21(27)12-6-18)23(15-16-25)17-3-9-20(26)10-4-17/h3-14H,2,15-16H2,1H3. The summed E-state index contributed by atoms with van der Waals surface area (Å²) in [6.07, 6.45) is 0.731. The number of benzene rings is 3. The van der Waals surface area contributed by atoms with Crippen LogP contribution in [0.15, 0.2) is 72.8 Å². The van der Waals surface area contributed by atoms with Gasteiger partial charge in [0.1, 0.15) is 5.75 Å². The summed E-state index contributed by atoms with van der Waals surface area (Å²) < 4.78 is 5.60. The molecule has 0 radical (unpaired) electrons. The van der Waals surface area contributed by atoms with Crippen molar-refractivity contribution in [3.8, 4) is 5.75 Å². The normalized spacial score (nSPS) is 11.9. The maximum Gasteiger partial charge on any atom is 0.119 e. The van der Waals surface area contributed by atoms with Crippen LogP contribution in [0.5, 0.6) is 5.75 Å². The van der Waals surface area contributed by atoms with Gasteiger partial charge in [-0.15, -0.1) is 11.6 Å². The molecule has 0 aromatic heterocycles. The Balaban J connectivity index is 2.21. The Hall–Kier alpha value is -1.93. The fourth-order valence-electron chi connectivity index (χ4n) is 3.18. The van der Waals surface area contributed by atoms with E-state index in [4.69, 9.17) is 39.5 Å². The molecule has 3 aromatic rings. The molecule has 0 saturated carbocycles. The highest BCUT2D eigenvalue weighted by molar-refractivity contribution is 6.31. The van der Waals surface area contributed by atoms with Gasteiger partial charge in [-0.05, 0) is 77.6 Å². The van der Waals surface area contributed by atoms with E-state index in [0.29, 0.717) is 22.5 Å². The summed E-state index contributed by atoms with van der Waals surface area (Å²) in [7, 11) is 0. The van der Waals surface area contributed by atoms with Crippen molar-refractivity contribution in [3.63, 3.8) is 0 Å². The molecule has 0 aliphatic carbocycles. The zero-order valence-electron chi connectivity index (χ0n) is 15.6. The highest BCUT2D eigenvalue weighted by atomic mass is 35.5. The van der Waals surface area contributed by atoms with Gasteiger partial charge < -0.3 is 4.74 Å². The summed E-state index contributed by atoms with van der Waals surface area (Å²) in [4.78, 5) is 0. The van der Waals surface area contributed by atoms with Gasteiger partial charge in [0.2, 0.25) is 0 Å². The Morgan fingerprint density at radius 3 is 1.64 bits per heavy atom. The van der Waals surface area contributed by atoms with Crippen molar-refractivity contribution in [1.29, 1.82) is 0 Å². The van der Waals surface area contributed by atoms with Gasteiger partial charge in [0.05, 0.1) is 6.61 Å². The van der Waals surface area contributed by atoms with Crippen molar-refractivity contribution in [2.45, 2.75) is 13.3 Å². The zero-order valence-corrected chi connectivity index (χ0v) is 17.9. The molecule has 3 aromatic carbocycles. The largest absolute Gasteiger partial charge is 0.494 e. The molecule has 144 valence electrons. The first-order valence-corrected chi connectivity index (χ1v) is 10.5. The van der Waals surface area contributed by atoms with Gasteiger partial charge in [0.15, 0.2) is 0 Å². The molecule has 0 saturated heterocycles. The maximum atomic E-state index is 6.19. The summed E-state index contributed by atoms with van der Waals surface area (Å²) in [6, 6.07) is 23.9. The molecule has 0 atom stereocenters. The molecule has 0 unspecified atom stereocenters. The number of hydrogen-bond donors (Lipinski definition) is 0. The Morgan fingerprint density at radius 2 is 1.18 bits per heavy atom. The third-order valence-electron chi connectivity index (χ3n) is 4.43. The van der Waals surface area contributed by atoms with E-state index < -0.39 is 0 Å². The number of rotatable bonds is 7. The molecular weight excluding hydrogens is 411 g/mol. The molecule has 4 heteroatoms. The molecular formula is C24H21Cl3O. The Kier molecular flexibility index (Phi) is 7.44. The minimum Gasteiger partial charge on any atom is -0.494 e. The van der Waals surface area contributed by atoms with Crippen LogP contribution in [0, 0.1) is 0 Å².